The van der Waals surface area contributed by atoms with E-state index in [1.54, 1.807) is 6.07 Å². The highest BCUT2D eigenvalue weighted by molar-refractivity contribution is 5.89. The summed E-state index contributed by atoms with van der Waals surface area (Å²) in [5.74, 6) is -0.279. The third-order valence-corrected chi connectivity index (χ3v) is 3.59. The van der Waals surface area contributed by atoms with Crippen LogP contribution in [0.2, 0.25) is 0 Å². The van der Waals surface area contributed by atoms with Crippen LogP contribution in [0.5, 0.6) is 0 Å². The van der Waals surface area contributed by atoms with Gasteiger partial charge in [-0.25, -0.2) is 9.18 Å². The van der Waals surface area contributed by atoms with Gasteiger partial charge in [-0.2, -0.15) is 0 Å². The molecule has 0 aliphatic carbocycles. The van der Waals surface area contributed by atoms with Crippen LogP contribution in [0.4, 0.5) is 14.9 Å². The van der Waals surface area contributed by atoms with Crippen molar-refractivity contribution in [2.24, 2.45) is 0 Å². The van der Waals surface area contributed by atoms with Crippen LogP contribution in [-0.4, -0.2) is 31.6 Å². The third kappa shape index (κ3) is 5.07. The number of urea groups is 1. The van der Waals surface area contributed by atoms with Gasteiger partial charge in [0.2, 0.25) is 0 Å². The predicted octanol–water partition coefficient (Wildman–Crippen LogP) is 3.56. The Labute approximate surface area is 136 Å². The summed E-state index contributed by atoms with van der Waals surface area (Å²) in [6.07, 6.45) is 0. The summed E-state index contributed by atoms with van der Waals surface area (Å²) >= 11 is 0. The maximum atomic E-state index is 13.4. The molecule has 0 bridgehead atoms. The molecule has 0 aliphatic rings. The number of nitrogens with one attached hydrogen (secondary N) is 2. The van der Waals surface area contributed by atoms with Crippen LogP contribution in [0.1, 0.15) is 17.2 Å². The molecule has 0 aliphatic heterocycles. The van der Waals surface area contributed by atoms with Crippen molar-refractivity contribution >= 4 is 11.7 Å². The summed E-state index contributed by atoms with van der Waals surface area (Å²) < 4.78 is 13.4. The van der Waals surface area contributed by atoms with Gasteiger partial charge in [0.1, 0.15) is 5.82 Å². The van der Waals surface area contributed by atoms with E-state index in [9.17, 15) is 9.18 Å². The number of benzene rings is 2. The summed E-state index contributed by atoms with van der Waals surface area (Å²) in [7, 11) is 3.80. The first kappa shape index (κ1) is 17.0. The zero-order valence-electron chi connectivity index (χ0n) is 13.6. The molecule has 0 radical (unpaired) electrons. The summed E-state index contributed by atoms with van der Waals surface area (Å²) in [5, 5.41) is 5.63. The van der Waals surface area contributed by atoms with Crippen LogP contribution in [0.3, 0.4) is 0 Å². The lowest BCUT2D eigenvalue weighted by Gasteiger charge is -2.25. The van der Waals surface area contributed by atoms with Crippen LogP contribution < -0.4 is 10.6 Å². The van der Waals surface area contributed by atoms with Crippen molar-refractivity contribution in [2.45, 2.75) is 13.0 Å². The zero-order valence-corrected chi connectivity index (χ0v) is 13.6. The Bertz CT molecular complexity index is 673. The monoisotopic (exact) mass is 315 g/mol. The van der Waals surface area contributed by atoms with E-state index < -0.39 is 0 Å². The van der Waals surface area contributed by atoms with Crippen molar-refractivity contribution in [1.82, 2.24) is 10.2 Å². The minimum Gasteiger partial charge on any atom is -0.336 e. The Morgan fingerprint density at radius 1 is 1.17 bits per heavy atom. The smallest absolute Gasteiger partial charge is 0.319 e. The van der Waals surface area contributed by atoms with Gasteiger partial charge >= 0.3 is 6.03 Å². The fraction of sp³-hybridized carbons (Fsp3) is 0.278. The van der Waals surface area contributed by atoms with E-state index in [0.29, 0.717) is 6.54 Å². The molecule has 4 nitrogen and oxygen atoms in total. The van der Waals surface area contributed by atoms with E-state index in [1.807, 2.05) is 56.3 Å². The third-order valence-electron chi connectivity index (χ3n) is 3.59. The number of rotatable bonds is 5. The van der Waals surface area contributed by atoms with Crippen molar-refractivity contribution in [3.8, 4) is 0 Å². The van der Waals surface area contributed by atoms with Gasteiger partial charge in [-0.15, -0.1) is 0 Å². The maximum Gasteiger partial charge on any atom is 0.319 e. The van der Waals surface area contributed by atoms with Crippen LogP contribution >= 0.6 is 0 Å². The first-order valence-corrected chi connectivity index (χ1v) is 7.49. The summed E-state index contributed by atoms with van der Waals surface area (Å²) in [6, 6.07) is 13.6. The summed E-state index contributed by atoms with van der Waals surface area (Å²) in [5.41, 5.74) is 2.65. The highest BCUT2D eigenvalue weighted by Gasteiger charge is 2.15. The second kappa shape index (κ2) is 7.74. The number of hydrogen-bond donors (Lipinski definition) is 2. The lowest BCUT2D eigenvalue weighted by atomic mass is 10.1. The summed E-state index contributed by atoms with van der Waals surface area (Å²) in [4.78, 5) is 14.0. The molecular formula is C18H22FN3O. The summed E-state index contributed by atoms with van der Waals surface area (Å²) in [6.45, 7) is 2.35. The Hall–Kier alpha value is -2.40. The van der Waals surface area contributed by atoms with Gasteiger partial charge in [0.25, 0.3) is 0 Å². The topological polar surface area (TPSA) is 44.4 Å². The average molecular weight is 315 g/mol. The van der Waals surface area contributed by atoms with Crippen molar-refractivity contribution in [3.05, 3.63) is 65.5 Å². The van der Waals surface area contributed by atoms with Crippen molar-refractivity contribution in [3.63, 3.8) is 0 Å². The maximum absolute atomic E-state index is 13.4. The minimum atomic E-state index is -0.279. The predicted molar refractivity (Wildman–Crippen MR) is 91.0 cm³/mol. The highest BCUT2D eigenvalue weighted by Crippen LogP contribution is 2.18. The number of carbonyl (C=O) groups is 1. The molecule has 1 atom stereocenters. The number of likely N-dealkylation sites (N-methyl/N-ethyl adjacent to an activating group) is 1. The van der Waals surface area contributed by atoms with Crippen molar-refractivity contribution < 1.29 is 9.18 Å². The van der Waals surface area contributed by atoms with E-state index in [4.69, 9.17) is 0 Å². The molecule has 23 heavy (non-hydrogen) atoms. The van der Waals surface area contributed by atoms with Gasteiger partial charge in [0.05, 0.1) is 6.04 Å². The Morgan fingerprint density at radius 3 is 2.57 bits per heavy atom. The Morgan fingerprint density at radius 2 is 1.91 bits per heavy atom. The van der Waals surface area contributed by atoms with Gasteiger partial charge in [-0.3, -0.25) is 0 Å². The van der Waals surface area contributed by atoms with E-state index in [0.717, 1.165) is 16.8 Å². The molecule has 0 saturated carbocycles. The molecule has 122 valence electrons. The quantitative estimate of drug-likeness (QED) is 0.886. The minimum absolute atomic E-state index is 0.103. The fourth-order valence-corrected chi connectivity index (χ4v) is 2.40. The molecule has 0 spiro atoms. The van der Waals surface area contributed by atoms with Gasteiger partial charge in [-0.1, -0.05) is 24.3 Å². The molecule has 2 N–H and O–H groups in total. The molecule has 0 fully saturated rings. The second-order valence-corrected chi connectivity index (χ2v) is 5.74. The molecule has 0 saturated heterocycles. The number of hydrogen-bond acceptors (Lipinski definition) is 2. The first-order valence-electron chi connectivity index (χ1n) is 7.49. The number of anilines is 1. The van der Waals surface area contributed by atoms with Crippen molar-refractivity contribution in [1.29, 1.82) is 0 Å². The van der Waals surface area contributed by atoms with Gasteiger partial charge in [0.15, 0.2) is 0 Å². The number of aryl methyl sites for hydroxylation is 1. The number of nitrogens with zero attached hydrogens (tertiary/aromatic N) is 1. The molecule has 5 heteroatoms. The zero-order chi connectivity index (χ0) is 16.8. The lowest BCUT2D eigenvalue weighted by molar-refractivity contribution is 0.243. The second-order valence-electron chi connectivity index (χ2n) is 5.74. The molecule has 2 rings (SSSR count). The lowest BCUT2D eigenvalue weighted by Crippen LogP contribution is -2.36. The van der Waals surface area contributed by atoms with Gasteiger partial charge in [0, 0.05) is 12.2 Å². The van der Waals surface area contributed by atoms with Crippen molar-refractivity contribution in [2.75, 3.05) is 26.0 Å². The largest absolute Gasteiger partial charge is 0.336 e. The molecule has 0 aromatic heterocycles. The van der Waals surface area contributed by atoms with E-state index in [-0.39, 0.29) is 17.9 Å². The Kier molecular flexibility index (Phi) is 5.71. The molecule has 0 heterocycles. The van der Waals surface area contributed by atoms with Gasteiger partial charge < -0.3 is 15.5 Å². The molecule has 2 aromatic rings. The normalized spacial score (nSPS) is 12.0. The molecular weight excluding hydrogens is 293 g/mol. The average Bonchev–Trinajstić information content (AvgIpc) is 2.47. The van der Waals surface area contributed by atoms with Crippen LogP contribution in [-0.2, 0) is 0 Å². The molecule has 2 amide bonds. The van der Waals surface area contributed by atoms with E-state index >= 15 is 0 Å². The van der Waals surface area contributed by atoms with E-state index in [1.165, 1.54) is 12.1 Å². The number of amides is 2. The number of carbonyl (C=O) groups excluding carboxylic acids is 1. The first-order chi connectivity index (χ1) is 11.0. The molecule has 2 aromatic carbocycles. The van der Waals surface area contributed by atoms with E-state index in [2.05, 4.69) is 10.6 Å². The van der Waals surface area contributed by atoms with Gasteiger partial charge in [-0.05, 0) is 56.4 Å². The fourth-order valence-electron chi connectivity index (χ4n) is 2.40. The standard InChI is InChI=1S/C18H22FN3O/c1-13-6-4-9-16(10-13)21-18(23)20-12-17(22(2)3)14-7-5-8-15(19)11-14/h4-11,17H,12H2,1-3H3,(H2,20,21,23). The van der Waals surface area contributed by atoms with Crippen LogP contribution in [0.25, 0.3) is 0 Å². The van der Waals surface area contributed by atoms with Crippen LogP contribution in [0.15, 0.2) is 48.5 Å². The highest BCUT2D eigenvalue weighted by atomic mass is 19.1. The SMILES string of the molecule is Cc1cccc(NC(=O)NCC(c2cccc(F)c2)N(C)C)c1. The van der Waals surface area contributed by atoms with Crippen LogP contribution in [0, 0.1) is 12.7 Å². The Balaban J connectivity index is 1.97. The molecule has 1 unspecified atom stereocenters. The number of halogens is 1.